The third-order valence-corrected chi connectivity index (χ3v) is 4.86. The van der Waals surface area contributed by atoms with E-state index in [9.17, 15) is 4.79 Å². The molecule has 0 aliphatic rings. The number of hydrogen-bond donors (Lipinski definition) is 2. The second-order valence-corrected chi connectivity index (χ2v) is 6.45. The number of nitrogens with two attached hydrogens (primary N) is 2. The highest BCUT2D eigenvalue weighted by molar-refractivity contribution is 6.11. The normalized spacial score (nSPS) is 13.4. The van der Waals surface area contributed by atoms with Crippen LogP contribution in [0.4, 0.5) is 11.4 Å². The van der Waals surface area contributed by atoms with Crippen LogP contribution in [0, 0.1) is 0 Å². The van der Waals surface area contributed by atoms with E-state index in [1.807, 2.05) is 25.1 Å². The Bertz CT molecular complexity index is 757. The number of hydrogen-bond acceptors (Lipinski definition) is 5. The van der Waals surface area contributed by atoms with Crippen molar-refractivity contribution in [1.82, 2.24) is 4.90 Å². The van der Waals surface area contributed by atoms with E-state index in [0.29, 0.717) is 28.3 Å². The summed E-state index contributed by atoms with van der Waals surface area (Å²) in [5.41, 5.74) is 13.5. The van der Waals surface area contributed by atoms with Gasteiger partial charge in [-0.15, -0.1) is 0 Å². The van der Waals surface area contributed by atoms with Gasteiger partial charge in [-0.05, 0) is 57.3 Å². The molecular formula is C21H29N3O2. The molecule has 0 spiro atoms. The van der Waals surface area contributed by atoms with E-state index in [4.69, 9.17) is 16.2 Å². The third-order valence-electron chi connectivity index (χ3n) is 4.86. The van der Waals surface area contributed by atoms with Crippen LogP contribution < -0.4 is 16.2 Å². The number of ether oxygens (including phenoxy) is 1. The Kier molecular flexibility index (Phi) is 6.64. The number of nitrogens with zero attached hydrogens (tertiary/aromatic N) is 1. The summed E-state index contributed by atoms with van der Waals surface area (Å²) in [4.78, 5) is 15.3. The van der Waals surface area contributed by atoms with Gasteiger partial charge in [-0.2, -0.15) is 0 Å². The average Bonchev–Trinajstić information content (AvgIpc) is 2.64. The van der Waals surface area contributed by atoms with Crippen LogP contribution in [-0.2, 0) is 0 Å². The molecule has 2 rings (SSSR count). The highest BCUT2D eigenvalue weighted by Crippen LogP contribution is 2.26. The largest absolute Gasteiger partial charge is 0.488 e. The van der Waals surface area contributed by atoms with Gasteiger partial charge >= 0.3 is 0 Å². The van der Waals surface area contributed by atoms with Gasteiger partial charge in [0.15, 0.2) is 5.78 Å². The molecule has 0 radical (unpaired) electrons. The Morgan fingerprint density at radius 3 is 2.31 bits per heavy atom. The first-order valence-corrected chi connectivity index (χ1v) is 9.08. The zero-order valence-corrected chi connectivity index (χ0v) is 16.0. The lowest BCUT2D eigenvalue weighted by Crippen LogP contribution is -2.42. The Labute approximate surface area is 155 Å². The number of rotatable bonds is 8. The van der Waals surface area contributed by atoms with Crippen molar-refractivity contribution in [3.05, 3.63) is 53.6 Å². The van der Waals surface area contributed by atoms with Crippen molar-refractivity contribution >= 4 is 17.2 Å². The SMILES string of the molecule is CCN(CC)C(C)C(C)Oc1ccccc1C(=O)c1ccc(N)c(N)c1. The highest BCUT2D eigenvalue weighted by atomic mass is 16.5. The molecule has 0 aliphatic heterocycles. The highest BCUT2D eigenvalue weighted by Gasteiger charge is 2.22. The lowest BCUT2D eigenvalue weighted by atomic mass is 10.0. The Balaban J connectivity index is 2.27. The third kappa shape index (κ3) is 4.35. The summed E-state index contributed by atoms with van der Waals surface area (Å²) in [6.45, 7) is 10.4. The average molecular weight is 355 g/mol. The number of carbonyl (C=O) groups excluding carboxylic acids is 1. The maximum atomic E-state index is 12.9. The molecule has 2 aromatic carbocycles. The fraction of sp³-hybridized carbons (Fsp3) is 0.381. The molecule has 2 atom stereocenters. The van der Waals surface area contributed by atoms with Crippen LogP contribution in [0.15, 0.2) is 42.5 Å². The van der Waals surface area contributed by atoms with Gasteiger partial charge in [0.2, 0.25) is 0 Å². The molecule has 5 heteroatoms. The van der Waals surface area contributed by atoms with Gasteiger partial charge in [-0.3, -0.25) is 9.69 Å². The van der Waals surface area contributed by atoms with Gasteiger partial charge < -0.3 is 16.2 Å². The van der Waals surface area contributed by atoms with Crippen LogP contribution >= 0.6 is 0 Å². The minimum Gasteiger partial charge on any atom is -0.488 e. The maximum absolute atomic E-state index is 12.9. The molecule has 5 nitrogen and oxygen atoms in total. The molecule has 140 valence electrons. The Morgan fingerprint density at radius 2 is 1.69 bits per heavy atom. The van der Waals surface area contributed by atoms with Crippen molar-refractivity contribution < 1.29 is 9.53 Å². The monoisotopic (exact) mass is 355 g/mol. The molecular weight excluding hydrogens is 326 g/mol. The number of nitrogen functional groups attached to an aromatic ring is 2. The number of carbonyl (C=O) groups is 1. The second-order valence-electron chi connectivity index (χ2n) is 6.45. The lowest BCUT2D eigenvalue weighted by molar-refractivity contribution is 0.0913. The summed E-state index contributed by atoms with van der Waals surface area (Å²) in [6, 6.07) is 12.5. The van der Waals surface area contributed by atoms with Crippen LogP contribution in [0.3, 0.4) is 0 Å². The molecule has 0 saturated carbocycles. The van der Waals surface area contributed by atoms with Crippen LogP contribution in [0.2, 0.25) is 0 Å². The quantitative estimate of drug-likeness (QED) is 0.559. The zero-order valence-electron chi connectivity index (χ0n) is 16.0. The Hall–Kier alpha value is -2.53. The predicted octanol–water partition coefficient (Wildman–Crippen LogP) is 3.58. The van der Waals surface area contributed by atoms with Crippen molar-refractivity contribution in [3.63, 3.8) is 0 Å². The van der Waals surface area contributed by atoms with Crippen molar-refractivity contribution in [2.24, 2.45) is 0 Å². The van der Waals surface area contributed by atoms with Crippen molar-refractivity contribution in [3.8, 4) is 5.75 Å². The summed E-state index contributed by atoms with van der Waals surface area (Å²) in [6.07, 6.45) is -0.0552. The topological polar surface area (TPSA) is 81.6 Å². The first-order valence-electron chi connectivity index (χ1n) is 9.08. The maximum Gasteiger partial charge on any atom is 0.196 e. The van der Waals surface area contributed by atoms with Crippen LogP contribution in [0.25, 0.3) is 0 Å². The summed E-state index contributed by atoms with van der Waals surface area (Å²) in [5, 5.41) is 0. The number of ketones is 1. The van der Waals surface area contributed by atoms with E-state index < -0.39 is 0 Å². The molecule has 2 unspecified atom stereocenters. The molecule has 4 N–H and O–H groups in total. The number of benzene rings is 2. The van der Waals surface area contributed by atoms with E-state index in [2.05, 4.69) is 25.7 Å². The molecule has 0 fully saturated rings. The molecule has 0 bridgehead atoms. The molecule has 0 heterocycles. The van der Waals surface area contributed by atoms with E-state index in [-0.39, 0.29) is 17.9 Å². The van der Waals surface area contributed by atoms with Gasteiger partial charge in [0, 0.05) is 11.6 Å². The van der Waals surface area contributed by atoms with E-state index >= 15 is 0 Å². The van der Waals surface area contributed by atoms with Gasteiger partial charge in [0.1, 0.15) is 11.9 Å². The van der Waals surface area contributed by atoms with Gasteiger partial charge in [-0.1, -0.05) is 26.0 Å². The molecule has 0 aliphatic carbocycles. The number of para-hydroxylation sites is 1. The smallest absolute Gasteiger partial charge is 0.196 e. The lowest BCUT2D eigenvalue weighted by Gasteiger charge is -2.31. The summed E-state index contributed by atoms with van der Waals surface area (Å²) >= 11 is 0. The summed E-state index contributed by atoms with van der Waals surface area (Å²) in [7, 11) is 0. The molecule has 26 heavy (non-hydrogen) atoms. The van der Waals surface area contributed by atoms with Crippen molar-refractivity contribution in [2.45, 2.75) is 39.8 Å². The fourth-order valence-electron chi connectivity index (χ4n) is 3.02. The van der Waals surface area contributed by atoms with Crippen LogP contribution in [-0.4, -0.2) is 35.9 Å². The van der Waals surface area contributed by atoms with E-state index in [0.717, 1.165) is 13.1 Å². The fourth-order valence-corrected chi connectivity index (χ4v) is 3.02. The molecule has 0 amide bonds. The van der Waals surface area contributed by atoms with E-state index in [1.54, 1.807) is 24.3 Å². The summed E-state index contributed by atoms with van der Waals surface area (Å²) < 4.78 is 6.17. The first-order chi connectivity index (χ1) is 12.4. The summed E-state index contributed by atoms with van der Waals surface area (Å²) in [5.74, 6) is 0.453. The van der Waals surface area contributed by atoms with E-state index in [1.165, 1.54) is 0 Å². The van der Waals surface area contributed by atoms with Gasteiger partial charge in [-0.25, -0.2) is 0 Å². The molecule has 0 saturated heterocycles. The van der Waals surface area contributed by atoms with Crippen LogP contribution in [0.1, 0.15) is 43.6 Å². The van der Waals surface area contributed by atoms with Crippen LogP contribution in [0.5, 0.6) is 5.75 Å². The molecule has 2 aromatic rings. The van der Waals surface area contributed by atoms with Crippen molar-refractivity contribution in [2.75, 3.05) is 24.6 Å². The zero-order chi connectivity index (χ0) is 19.3. The van der Waals surface area contributed by atoms with Gasteiger partial charge in [0.05, 0.1) is 16.9 Å². The van der Waals surface area contributed by atoms with Crippen molar-refractivity contribution in [1.29, 1.82) is 0 Å². The minimum atomic E-state index is -0.130. The standard InChI is InChI=1S/C21H29N3O2/c1-5-24(6-2)14(3)15(4)26-20-10-8-7-9-17(20)21(25)16-11-12-18(22)19(23)13-16/h7-15H,5-6,22-23H2,1-4H3. The second kappa shape index (κ2) is 8.72. The molecule has 0 aromatic heterocycles. The number of likely N-dealkylation sites (N-methyl/N-ethyl adjacent to an activating group) is 1. The first kappa shape index (κ1) is 19.8. The minimum absolute atomic E-state index is 0.0552. The number of anilines is 2. The van der Waals surface area contributed by atoms with Gasteiger partial charge in [0.25, 0.3) is 0 Å². The Morgan fingerprint density at radius 1 is 1.04 bits per heavy atom. The predicted molar refractivity (Wildman–Crippen MR) is 108 cm³/mol.